The quantitative estimate of drug-likeness (QED) is 0.856. The summed E-state index contributed by atoms with van der Waals surface area (Å²) < 4.78 is 19.3. The number of carbonyl (C=O) groups excluding carboxylic acids is 1. The zero-order chi connectivity index (χ0) is 15.5. The largest absolute Gasteiger partial charge is 0.506 e. The van der Waals surface area contributed by atoms with Gasteiger partial charge in [0, 0.05) is 0 Å². The summed E-state index contributed by atoms with van der Waals surface area (Å²) in [6.07, 6.45) is 0.548. The Morgan fingerprint density at radius 2 is 2.09 bits per heavy atom. The zero-order valence-corrected chi connectivity index (χ0v) is 11.9. The number of benzene rings is 2. The van der Waals surface area contributed by atoms with Gasteiger partial charge in [-0.25, -0.2) is 4.39 Å². The fourth-order valence-electron chi connectivity index (χ4n) is 2.64. The van der Waals surface area contributed by atoms with Crippen molar-refractivity contribution in [1.82, 2.24) is 0 Å². The van der Waals surface area contributed by atoms with Crippen LogP contribution in [0.5, 0.6) is 5.75 Å². The van der Waals surface area contributed by atoms with Crippen LogP contribution in [0.25, 0.3) is 0 Å². The number of amides is 1. The van der Waals surface area contributed by atoms with Crippen molar-refractivity contribution in [1.29, 1.82) is 0 Å². The van der Waals surface area contributed by atoms with E-state index in [0.717, 1.165) is 12.0 Å². The highest BCUT2D eigenvalue weighted by atomic mass is 19.1. The molecule has 114 valence electrons. The number of rotatable bonds is 3. The minimum Gasteiger partial charge on any atom is -0.506 e. The lowest BCUT2D eigenvalue weighted by atomic mass is 9.95. The van der Waals surface area contributed by atoms with Gasteiger partial charge in [0.2, 0.25) is 5.91 Å². The zero-order valence-electron chi connectivity index (χ0n) is 11.9. The molecule has 1 atom stereocenters. The van der Waals surface area contributed by atoms with E-state index in [1.54, 1.807) is 0 Å². The van der Waals surface area contributed by atoms with Crippen LogP contribution >= 0.6 is 0 Å². The molecule has 3 rings (SSSR count). The van der Waals surface area contributed by atoms with Gasteiger partial charge in [0.25, 0.3) is 0 Å². The Labute approximate surface area is 127 Å². The molecule has 1 unspecified atom stereocenters. The first kappa shape index (κ1) is 14.5. The molecule has 1 aliphatic heterocycles. The van der Waals surface area contributed by atoms with Gasteiger partial charge < -0.3 is 15.2 Å². The van der Waals surface area contributed by atoms with E-state index in [1.165, 1.54) is 23.8 Å². The summed E-state index contributed by atoms with van der Waals surface area (Å²) in [7, 11) is 0. The van der Waals surface area contributed by atoms with Crippen molar-refractivity contribution < 1.29 is 19.0 Å². The molecule has 0 aromatic heterocycles. The molecule has 2 N–H and O–H groups in total. The minimum absolute atomic E-state index is 0.0742. The number of phenols is 1. The van der Waals surface area contributed by atoms with Gasteiger partial charge in [-0.3, -0.25) is 4.79 Å². The van der Waals surface area contributed by atoms with Crippen molar-refractivity contribution in [2.45, 2.75) is 18.9 Å². The molecule has 22 heavy (non-hydrogen) atoms. The van der Waals surface area contributed by atoms with Gasteiger partial charge in [0.1, 0.15) is 11.4 Å². The minimum atomic E-state index is -0.668. The maximum absolute atomic E-state index is 13.6. The van der Waals surface area contributed by atoms with E-state index in [0.29, 0.717) is 6.61 Å². The molecule has 0 saturated heterocycles. The monoisotopic (exact) mass is 301 g/mol. The summed E-state index contributed by atoms with van der Waals surface area (Å²) >= 11 is 0. The third-order valence-corrected chi connectivity index (χ3v) is 3.72. The number of para-hydroxylation sites is 1. The summed E-state index contributed by atoms with van der Waals surface area (Å²) in [6, 6.07) is 11.7. The van der Waals surface area contributed by atoms with Crippen molar-refractivity contribution >= 4 is 11.6 Å². The number of ether oxygens (including phenoxy) is 1. The van der Waals surface area contributed by atoms with Crippen molar-refractivity contribution in [3.05, 3.63) is 59.4 Å². The van der Waals surface area contributed by atoms with E-state index >= 15 is 0 Å². The second kappa shape index (κ2) is 6.15. The first-order chi connectivity index (χ1) is 10.6. The smallest absolute Gasteiger partial charge is 0.227 e. The van der Waals surface area contributed by atoms with Crippen molar-refractivity contribution in [3.63, 3.8) is 0 Å². The summed E-state index contributed by atoms with van der Waals surface area (Å²) in [5.74, 6) is -1.36. The Kier molecular flexibility index (Phi) is 4.06. The number of halogens is 1. The van der Waals surface area contributed by atoms with Crippen LogP contribution in [-0.4, -0.2) is 17.6 Å². The van der Waals surface area contributed by atoms with E-state index in [1.807, 2.05) is 24.3 Å². The molecule has 0 saturated carbocycles. The maximum Gasteiger partial charge on any atom is 0.227 e. The van der Waals surface area contributed by atoms with Crippen LogP contribution in [0, 0.1) is 5.82 Å². The molecule has 4 nitrogen and oxygen atoms in total. The number of aromatic hydroxyl groups is 1. The van der Waals surface area contributed by atoms with Gasteiger partial charge in [-0.15, -0.1) is 0 Å². The SMILES string of the molecule is O=C(CC1OCCc2ccccc21)Nc1c(O)cccc1F. The third kappa shape index (κ3) is 2.94. The molecule has 2 aromatic rings. The predicted molar refractivity (Wildman–Crippen MR) is 80.2 cm³/mol. The molecular formula is C17H16FNO3. The number of carbonyl (C=O) groups is 1. The summed E-state index contributed by atoms with van der Waals surface area (Å²) in [4.78, 5) is 12.1. The van der Waals surface area contributed by atoms with Gasteiger partial charge in [0.15, 0.2) is 5.82 Å². The molecule has 1 amide bonds. The average molecular weight is 301 g/mol. The fourth-order valence-corrected chi connectivity index (χ4v) is 2.64. The lowest BCUT2D eigenvalue weighted by Crippen LogP contribution is -2.22. The van der Waals surface area contributed by atoms with Crippen molar-refractivity contribution in [3.8, 4) is 5.75 Å². The molecule has 5 heteroatoms. The van der Waals surface area contributed by atoms with E-state index in [-0.39, 0.29) is 24.0 Å². The Balaban J connectivity index is 1.73. The predicted octanol–water partition coefficient (Wildman–Crippen LogP) is 3.17. The second-order valence-electron chi connectivity index (χ2n) is 5.19. The van der Waals surface area contributed by atoms with Gasteiger partial charge >= 0.3 is 0 Å². The molecule has 0 fully saturated rings. The van der Waals surface area contributed by atoms with Crippen LogP contribution in [0.2, 0.25) is 0 Å². The Morgan fingerprint density at radius 3 is 2.91 bits per heavy atom. The van der Waals surface area contributed by atoms with Crippen LogP contribution in [-0.2, 0) is 16.0 Å². The lowest BCUT2D eigenvalue weighted by molar-refractivity contribution is -0.119. The molecular weight excluding hydrogens is 285 g/mol. The molecule has 1 aliphatic rings. The lowest BCUT2D eigenvalue weighted by Gasteiger charge is -2.25. The molecule has 1 heterocycles. The number of anilines is 1. The normalized spacial score (nSPS) is 16.9. The summed E-state index contributed by atoms with van der Waals surface area (Å²) in [6.45, 7) is 0.555. The number of hydrogen-bond donors (Lipinski definition) is 2. The highest BCUT2D eigenvalue weighted by Gasteiger charge is 2.23. The van der Waals surface area contributed by atoms with E-state index in [4.69, 9.17) is 4.74 Å². The maximum atomic E-state index is 13.6. The van der Waals surface area contributed by atoms with Crippen molar-refractivity contribution in [2.24, 2.45) is 0 Å². The number of phenolic OH excluding ortho intramolecular Hbond substituents is 1. The van der Waals surface area contributed by atoms with Crippen LogP contribution in [0.1, 0.15) is 23.7 Å². The van der Waals surface area contributed by atoms with Gasteiger partial charge in [-0.2, -0.15) is 0 Å². The highest BCUT2D eigenvalue weighted by molar-refractivity contribution is 5.92. The van der Waals surface area contributed by atoms with Crippen LogP contribution in [0.15, 0.2) is 42.5 Å². The summed E-state index contributed by atoms with van der Waals surface area (Å²) in [5.41, 5.74) is 1.96. The first-order valence-electron chi connectivity index (χ1n) is 7.12. The Bertz CT molecular complexity index is 682. The number of nitrogens with one attached hydrogen (secondary N) is 1. The number of hydrogen-bond acceptors (Lipinski definition) is 3. The Morgan fingerprint density at radius 1 is 1.27 bits per heavy atom. The van der Waals surface area contributed by atoms with Crippen LogP contribution in [0.3, 0.4) is 0 Å². The first-order valence-corrected chi connectivity index (χ1v) is 7.12. The van der Waals surface area contributed by atoms with Gasteiger partial charge in [-0.05, 0) is 29.7 Å². The third-order valence-electron chi connectivity index (χ3n) is 3.72. The Hall–Kier alpha value is -2.40. The molecule has 0 bridgehead atoms. The molecule has 0 aliphatic carbocycles. The highest BCUT2D eigenvalue weighted by Crippen LogP contribution is 2.31. The topological polar surface area (TPSA) is 58.6 Å². The molecule has 2 aromatic carbocycles. The van der Waals surface area contributed by atoms with Crippen molar-refractivity contribution in [2.75, 3.05) is 11.9 Å². The van der Waals surface area contributed by atoms with E-state index < -0.39 is 11.7 Å². The number of fused-ring (bicyclic) bond motifs is 1. The fraction of sp³-hybridized carbons (Fsp3) is 0.235. The van der Waals surface area contributed by atoms with Gasteiger partial charge in [0.05, 0.1) is 19.1 Å². The summed E-state index contributed by atoms with van der Waals surface area (Å²) in [5, 5.41) is 12.0. The van der Waals surface area contributed by atoms with Crippen LogP contribution < -0.4 is 5.32 Å². The van der Waals surface area contributed by atoms with Crippen LogP contribution in [0.4, 0.5) is 10.1 Å². The standard InChI is InChI=1S/C17H16FNO3/c18-13-6-3-7-14(20)17(13)19-16(21)10-15-12-5-2-1-4-11(12)8-9-22-15/h1-7,15,20H,8-10H2,(H,19,21). The van der Waals surface area contributed by atoms with E-state index in [2.05, 4.69) is 5.32 Å². The van der Waals surface area contributed by atoms with E-state index in [9.17, 15) is 14.3 Å². The average Bonchev–Trinajstić information content (AvgIpc) is 2.51. The van der Waals surface area contributed by atoms with Gasteiger partial charge in [-0.1, -0.05) is 30.3 Å². The second-order valence-corrected chi connectivity index (χ2v) is 5.19. The molecule has 0 radical (unpaired) electrons. The molecule has 0 spiro atoms.